The van der Waals surface area contributed by atoms with Gasteiger partial charge in [-0.2, -0.15) is 0 Å². The third kappa shape index (κ3) is 3.73. The monoisotopic (exact) mass is 269 g/mol. The van der Waals surface area contributed by atoms with E-state index in [0.717, 1.165) is 12.1 Å². The van der Waals surface area contributed by atoms with E-state index in [1.54, 1.807) is 0 Å². The van der Waals surface area contributed by atoms with Crippen LogP contribution in [0.15, 0.2) is 18.2 Å². The average molecular weight is 269 g/mol. The summed E-state index contributed by atoms with van der Waals surface area (Å²) in [5.41, 5.74) is 0.359. The molecule has 1 aliphatic carbocycles. The van der Waals surface area contributed by atoms with Crippen LogP contribution in [0.1, 0.15) is 12.0 Å². The van der Waals surface area contributed by atoms with Gasteiger partial charge in [0.2, 0.25) is 0 Å². The number of hydrogen-bond donors (Lipinski definition) is 1. The van der Waals surface area contributed by atoms with Crippen LogP contribution in [-0.2, 0) is 11.2 Å². The highest BCUT2D eigenvalue weighted by Gasteiger charge is 2.43. The molecule has 0 radical (unpaired) electrons. The van der Waals surface area contributed by atoms with Crippen molar-refractivity contribution in [3.63, 3.8) is 0 Å². The lowest BCUT2D eigenvalue weighted by Crippen LogP contribution is -2.25. The molecule has 0 spiro atoms. The Kier molecular flexibility index (Phi) is 4.14. The zero-order valence-electron chi connectivity index (χ0n) is 10.8. The number of nitrogens with zero attached hydrogens (tertiary/aromatic N) is 1. The molecule has 19 heavy (non-hydrogen) atoms. The van der Waals surface area contributed by atoms with E-state index in [0.29, 0.717) is 31.5 Å². The quantitative estimate of drug-likeness (QED) is 0.860. The van der Waals surface area contributed by atoms with Crippen molar-refractivity contribution >= 4 is 5.97 Å². The minimum Gasteiger partial charge on any atom is -0.481 e. The summed E-state index contributed by atoms with van der Waals surface area (Å²) in [5, 5.41) is 8.80. The van der Waals surface area contributed by atoms with Gasteiger partial charge in [0.1, 0.15) is 11.6 Å². The van der Waals surface area contributed by atoms with Crippen molar-refractivity contribution in [2.75, 3.05) is 20.1 Å². The Morgan fingerprint density at radius 1 is 1.47 bits per heavy atom. The summed E-state index contributed by atoms with van der Waals surface area (Å²) >= 11 is 0. The highest BCUT2D eigenvalue weighted by molar-refractivity contribution is 5.73. The fourth-order valence-corrected chi connectivity index (χ4v) is 2.29. The average Bonchev–Trinajstić information content (AvgIpc) is 3.10. The predicted molar refractivity (Wildman–Crippen MR) is 66.8 cm³/mol. The highest BCUT2D eigenvalue weighted by Crippen LogP contribution is 2.38. The molecule has 0 saturated heterocycles. The minimum absolute atomic E-state index is 0.194. The van der Waals surface area contributed by atoms with E-state index < -0.39 is 17.6 Å². The van der Waals surface area contributed by atoms with Crippen molar-refractivity contribution in [1.82, 2.24) is 4.90 Å². The highest BCUT2D eigenvalue weighted by atomic mass is 19.1. The molecule has 2 atom stereocenters. The predicted octanol–water partition coefficient (Wildman–Crippen LogP) is 2.16. The SMILES string of the molecule is CN(CCc1cc(F)ccc1F)CC1CC1C(=O)O. The first-order valence-corrected chi connectivity index (χ1v) is 6.32. The van der Waals surface area contributed by atoms with Gasteiger partial charge < -0.3 is 10.0 Å². The van der Waals surface area contributed by atoms with Gasteiger partial charge in [-0.15, -0.1) is 0 Å². The first-order chi connectivity index (χ1) is 8.97. The molecule has 1 aromatic carbocycles. The van der Waals surface area contributed by atoms with Crippen LogP contribution in [0.2, 0.25) is 0 Å². The summed E-state index contributed by atoms with van der Waals surface area (Å²) in [6.45, 7) is 1.27. The van der Waals surface area contributed by atoms with Gasteiger partial charge in [-0.05, 0) is 49.6 Å². The van der Waals surface area contributed by atoms with Crippen molar-refractivity contribution in [3.05, 3.63) is 35.4 Å². The molecule has 2 rings (SSSR count). The third-order valence-corrected chi connectivity index (χ3v) is 3.56. The van der Waals surface area contributed by atoms with Gasteiger partial charge in [0.25, 0.3) is 0 Å². The van der Waals surface area contributed by atoms with Gasteiger partial charge in [0, 0.05) is 13.1 Å². The van der Waals surface area contributed by atoms with Gasteiger partial charge in [0.05, 0.1) is 5.92 Å². The number of carboxylic acids is 1. The molecule has 104 valence electrons. The molecule has 3 nitrogen and oxygen atoms in total. The Morgan fingerprint density at radius 3 is 2.84 bits per heavy atom. The van der Waals surface area contributed by atoms with E-state index in [9.17, 15) is 13.6 Å². The van der Waals surface area contributed by atoms with Gasteiger partial charge in [-0.25, -0.2) is 8.78 Å². The van der Waals surface area contributed by atoms with E-state index in [2.05, 4.69) is 0 Å². The normalized spacial score (nSPS) is 21.7. The number of rotatable bonds is 6. The van der Waals surface area contributed by atoms with Crippen molar-refractivity contribution in [2.24, 2.45) is 11.8 Å². The number of likely N-dealkylation sites (N-methyl/N-ethyl adjacent to an activating group) is 1. The maximum Gasteiger partial charge on any atom is 0.306 e. The molecule has 0 bridgehead atoms. The molecule has 2 unspecified atom stereocenters. The smallest absolute Gasteiger partial charge is 0.306 e. The number of benzene rings is 1. The van der Waals surface area contributed by atoms with Crippen molar-refractivity contribution in [3.8, 4) is 0 Å². The van der Waals surface area contributed by atoms with Gasteiger partial charge in [-0.1, -0.05) is 0 Å². The molecule has 1 aliphatic rings. The van der Waals surface area contributed by atoms with Gasteiger partial charge in [0.15, 0.2) is 0 Å². The third-order valence-electron chi connectivity index (χ3n) is 3.56. The van der Waals surface area contributed by atoms with Crippen LogP contribution >= 0.6 is 0 Å². The maximum absolute atomic E-state index is 13.4. The van der Waals surface area contributed by atoms with E-state index >= 15 is 0 Å². The lowest BCUT2D eigenvalue weighted by atomic mass is 10.1. The number of aliphatic carboxylic acids is 1. The molecule has 0 aliphatic heterocycles. The summed E-state index contributed by atoms with van der Waals surface area (Å²) in [6.07, 6.45) is 1.14. The van der Waals surface area contributed by atoms with Gasteiger partial charge >= 0.3 is 5.97 Å². The van der Waals surface area contributed by atoms with Crippen LogP contribution in [-0.4, -0.2) is 36.1 Å². The van der Waals surface area contributed by atoms with E-state index in [1.807, 2.05) is 11.9 Å². The number of carbonyl (C=O) groups is 1. The van der Waals surface area contributed by atoms with Crippen molar-refractivity contribution < 1.29 is 18.7 Å². The lowest BCUT2D eigenvalue weighted by Gasteiger charge is -2.16. The molecule has 1 aromatic rings. The summed E-state index contributed by atoms with van der Waals surface area (Å²) in [6, 6.07) is 3.44. The molecule has 1 saturated carbocycles. The second-order valence-electron chi connectivity index (χ2n) is 5.19. The van der Waals surface area contributed by atoms with Crippen molar-refractivity contribution in [1.29, 1.82) is 0 Å². The molecule has 0 amide bonds. The van der Waals surface area contributed by atoms with Crippen LogP contribution in [0.4, 0.5) is 8.78 Å². The lowest BCUT2D eigenvalue weighted by molar-refractivity contribution is -0.138. The molecular weight excluding hydrogens is 252 g/mol. The zero-order chi connectivity index (χ0) is 14.0. The Bertz CT molecular complexity index is 479. The minimum atomic E-state index is -0.741. The Labute approximate surface area is 110 Å². The first-order valence-electron chi connectivity index (χ1n) is 6.32. The van der Waals surface area contributed by atoms with E-state index in [1.165, 1.54) is 6.07 Å². The second kappa shape index (κ2) is 5.65. The molecule has 0 heterocycles. The van der Waals surface area contributed by atoms with Crippen LogP contribution in [0.25, 0.3) is 0 Å². The topological polar surface area (TPSA) is 40.5 Å². The van der Waals surface area contributed by atoms with Crippen LogP contribution in [0, 0.1) is 23.5 Å². The van der Waals surface area contributed by atoms with Crippen LogP contribution < -0.4 is 0 Å². The summed E-state index contributed by atoms with van der Waals surface area (Å²) in [4.78, 5) is 12.7. The summed E-state index contributed by atoms with van der Waals surface area (Å²) < 4.78 is 26.4. The molecule has 0 aromatic heterocycles. The number of carboxylic acid groups (broad SMARTS) is 1. The maximum atomic E-state index is 13.4. The van der Waals surface area contributed by atoms with Crippen molar-refractivity contribution in [2.45, 2.75) is 12.8 Å². The summed E-state index contributed by atoms with van der Waals surface area (Å²) in [7, 11) is 1.87. The zero-order valence-corrected chi connectivity index (χ0v) is 10.8. The Morgan fingerprint density at radius 2 is 2.21 bits per heavy atom. The number of halogens is 2. The van der Waals surface area contributed by atoms with E-state index in [4.69, 9.17) is 5.11 Å². The molecular formula is C14H17F2NO2. The fraction of sp³-hybridized carbons (Fsp3) is 0.500. The largest absolute Gasteiger partial charge is 0.481 e. The fourth-order valence-electron chi connectivity index (χ4n) is 2.29. The second-order valence-corrected chi connectivity index (χ2v) is 5.19. The summed E-state index contributed by atoms with van der Waals surface area (Å²) in [5.74, 6) is -1.61. The van der Waals surface area contributed by atoms with Crippen LogP contribution in [0.5, 0.6) is 0 Å². The van der Waals surface area contributed by atoms with E-state index in [-0.39, 0.29) is 11.8 Å². The molecule has 1 fully saturated rings. The Hall–Kier alpha value is -1.49. The molecule has 1 N–H and O–H groups in total. The Balaban J connectivity index is 1.79. The van der Waals surface area contributed by atoms with Gasteiger partial charge in [-0.3, -0.25) is 4.79 Å². The van der Waals surface area contributed by atoms with Crippen LogP contribution in [0.3, 0.4) is 0 Å². The first kappa shape index (κ1) is 13.9. The number of hydrogen-bond acceptors (Lipinski definition) is 2. The standard InChI is InChI=1S/C14H17F2NO2/c1-17(8-10-7-12(10)14(18)19)5-4-9-6-11(15)2-3-13(9)16/h2-3,6,10,12H,4-5,7-8H2,1H3,(H,18,19). The molecule has 5 heteroatoms.